The topological polar surface area (TPSA) is 76.1 Å². The molecule has 1 fully saturated rings. The van der Waals surface area contributed by atoms with Crippen molar-refractivity contribution in [2.75, 3.05) is 27.4 Å². The number of carbonyl (C=O) groups excluding carboxylic acids is 2. The zero-order chi connectivity index (χ0) is 21.1. The number of amides is 1. The highest BCUT2D eigenvalue weighted by atomic mass is 32.1. The van der Waals surface area contributed by atoms with Crippen molar-refractivity contribution < 1.29 is 24.2 Å². The highest BCUT2D eigenvalue weighted by Gasteiger charge is 2.46. The van der Waals surface area contributed by atoms with Crippen LogP contribution in [0.15, 0.2) is 35.2 Å². The summed E-state index contributed by atoms with van der Waals surface area (Å²) >= 11 is 1.48. The highest BCUT2D eigenvalue weighted by molar-refractivity contribution is 7.10. The first kappa shape index (κ1) is 21.1. The number of hydrogen-bond acceptors (Lipinski definition) is 6. The zero-order valence-corrected chi connectivity index (χ0v) is 17.8. The average molecular weight is 416 g/mol. The van der Waals surface area contributed by atoms with E-state index in [1.165, 1.54) is 11.3 Å². The minimum Gasteiger partial charge on any atom is -0.507 e. The molecule has 2 aromatic rings. The first-order valence-electron chi connectivity index (χ1n) is 9.37. The number of nitrogens with zero attached hydrogens (tertiary/aromatic N) is 1. The molecule has 1 aliphatic rings. The van der Waals surface area contributed by atoms with E-state index in [0.29, 0.717) is 30.9 Å². The Bertz CT molecular complexity index is 962. The molecule has 0 spiro atoms. The predicted molar refractivity (Wildman–Crippen MR) is 112 cm³/mol. The van der Waals surface area contributed by atoms with Gasteiger partial charge in [-0.05, 0) is 61.0 Å². The molecule has 0 bridgehead atoms. The first-order valence-corrected chi connectivity index (χ1v) is 10.2. The molecule has 0 radical (unpaired) electrons. The van der Waals surface area contributed by atoms with E-state index < -0.39 is 17.7 Å². The Hall–Kier alpha value is -2.64. The van der Waals surface area contributed by atoms with E-state index in [1.807, 2.05) is 25.3 Å². The molecule has 0 saturated carbocycles. The number of rotatable bonds is 7. The average Bonchev–Trinajstić information content (AvgIpc) is 3.23. The van der Waals surface area contributed by atoms with Gasteiger partial charge in [0.15, 0.2) is 0 Å². The smallest absolute Gasteiger partial charge is 0.295 e. The van der Waals surface area contributed by atoms with Crippen LogP contribution in [-0.4, -0.2) is 49.1 Å². The maximum Gasteiger partial charge on any atom is 0.295 e. The third kappa shape index (κ3) is 3.93. The third-order valence-electron chi connectivity index (χ3n) is 5.11. The monoisotopic (exact) mass is 415 g/mol. The standard InChI is InChI=1S/C22H25NO5S/c1-13-8-11-29-21(13)18-17(20(25)22(26)23(18)9-5-10-27-3)19(24)15-6-7-16(28-4)14(2)12-15/h6-8,11-12,18,24H,5,9-10H2,1-4H3/b19-17-. The SMILES string of the molecule is COCCCN1C(=O)C(=O)/C(=C(\O)c2ccc(OC)c(C)c2)C1c1sccc1C. The molecule has 3 rings (SSSR count). The molecule has 1 amide bonds. The van der Waals surface area contributed by atoms with E-state index >= 15 is 0 Å². The van der Waals surface area contributed by atoms with Crippen LogP contribution >= 0.6 is 11.3 Å². The summed E-state index contributed by atoms with van der Waals surface area (Å²) in [5, 5.41) is 13.0. The second-order valence-electron chi connectivity index (χ2n) is 6.99. The van der Waals surface area contributed by atoms with Gasteiger partial charge in [0.1, 0.15) is 11.5 Å². The van der Waals surface area contributed by atoms with Gasteiger partial charge >= 0.3 is 0 Å². The van der Waals surface area contributed by atoms with Crippen molar-refractivity contribution in [2.45, 2.75) is 26.3 Å². The van der Waals surface area contributed by atoms with Gasteiger partial charge in [0.05, 0.1) is 18.7 Å². The van der Waals surface area contributed by atoms with Gasteiger partial charge in [-0.3, -0.25) is 9.59 Å². The predicted octanol–water partition coefficient (Wildman–Crippen LogP) is 3.83. The van der Waals surface area contributed by atoms with Crippen LogP contribution in [0.3, 0.4) is 0 Å². The van der Waals surface area contributed by atoms with E-state index in [4.69, 9.17) is 9.47 Å². The molecule has 1 unspecified atom stereocenters. The van der Waals surface area contributed by atoms with Crippen LogP contribution in [0.1, 0.15) is 34.0 Å². The van der Waals surface area contributed by atoms with Crippen LogP contribution in [-0.2, 0) is 14.3 Å². The van der Waals surface area contributed by atoms with E-state index in [0.717, 1.165) is 16.0 Å². The Labute approximate surface area is 174 Å². The molecule has 1 aliphatic heterocycles. The summed E-state index contributed by atoms with van der Waals surface area (Å²) in [6.45, 7) is 4.66. The van der Waals surface area contributed by atoms with Crippen LogP contribution in [0.25, 0.3) is 5.76 Å². The number of carbonyl (C=O) groups is 2. The maximum absolute atomic E-state index is 12.9. The number of ether oxygens (including phenoxy) is 2. The summed E-state index contributed by atoms with van der Waals surface area (Å²) in [5.74, 6) is -0.731. The fraction of sp³-hybridized carbons (Fsp3) is 0.364. The molecule has 1 N–H and O–H groups in total. The Balaban J connectivity index is 2.12. The molecule has 6 nitrogen and oxygen atoms in total. The molecular weight excluding hydrogens is 390 g/mol. The van der Waals surface area contributed by atoms with Gasteiger partial charge in [-0.1, -0.05) is 0 Å². The van der Waals surface area contributed by atoms with Crippen molar-refractivity contribution in [3.8, 4) is 5.75 Å². The summed E-state index contributed by atoms with van der Waals surface area (Å²) in [5.41, 5.74) is 2.42. The summed E-state index contributed by atoms with van der Waals surface area (Å²) in [6.07, 6.45) is 0.603. The van der Waals surface area contributed by atoms with Crippen molar-refractivity contribution in [3.05, 3.63) is 56.8 Å². The number of benzene rings is 1. The van der Waals surface area contributed by atoms with Crippen molar-refractivity contribution in [3.63, 3.8) is 0 Å². The van der Waals surface area contributed by atoms with Crippen molar-refractivity contribution in [1.82, 2.24) is 4.90 Å². The number of aliphatic hydroxyl groups excluding tert-OH is 1. The molecule has 7 heteroatoms. The van der Waals surface area contributed by atoms with Crippen molar-refractivity contribution in [1.29, 1.82) is 0 Å². The largest absolute Gasteiger partial charge is 0.507 e. The van der Waals surface area contributed by atoms with E-state index in [2.05, 4.69) is 0 Å². The molecule has 1 saturated heterocycles. The number of ketones is 1. The highest BCUT2D eigenvalue weighted by Crippen LogP contribution is 2.42. The summed E-state index contributed by atoms with van der Waals surface area (Å²) in [7, 11) is 3.17. The molecule has 1 atom stereocenters. The summed E-state index contributed by atoms with van der Waals surface area (Å²) in [6, 6.07) is 6.54. The Morgan fingerprint density at radius 3 is 2.52 bits per heavy atom. The lowest BCUT2D eigenvalue weighted by Crippen LogP contribution is -2.31. The number of Topliss-reactive ketones (excluding diaryl/α,β-unsaturated/α-hetero) is 1. The number of likely N-dealkylation sites (tertiary alicyclic amines) is 1. The summed E-state index contributed by atoms with van der Waals surface area (Å²) in [4.78, 5) is 28.2. The van der Waals surface area contributed by atoms with E-state index in [9.17, 15) is 14.7 Å². The number of aliphatic hydroxyl groups is 1. The molecule has 2 heterocycles. The quantitative estimate of drug-likeness (QED) is 0.322. The van der Waals surface area contributed by atoms with Crippen LogP contribution in [0.2, 0.25) is 0 Å². The minimum absolute atomic E-state index is 0.127. The molecular formula is C22H25NO5S. The van der Waals surface area contributed by atoms with Gasteiger partial charge in [-0.15, -0.1) is 11.3 Å². The first-order chi connectivity index (χ1) is 13.9. The second kappa shape index (κ2) is 8.80. The Morgan fingerprint density at radius 2 is 1.93 bits per heavy atom. The number of methoxy groups -OCH3 is 2. The Morgan fingerprint density at radius 1 is 1.17 bits per heavy atom. The lowest BCUT2D eigenvalue weighted by Gasteiger charge is -2.24. The fourth-order valence-electron chi connectivity index (χ4n) is 3.61. The van der Waals surface area contributed by atoms with Crippen molar-refractivity contribution in [2.24, 2.45) is 0 Å². The normalized spacial score (nSPS) is 18.5. The minimum atomic E-state index is -0.661. The molecule has 0 aliphatic carbocycles. The summed E-state index contributed by atoms with van der Waals surface area (Å²) < 4.78 is 10.4. The lowest BCUT2D eigenvalue weighted by molar-refractivity contribution is -0.140. The van der Waals surface area contributed by atoms with Crippen LogP contribution in [0.4, 0.5) is 0 Å². The molecule has 1 aromatic carbocycles. The maximum atomic E-state index is 12.9. The fourth-order valence-corrected chi connectivity index (χ4v) is 4.65. The Kier molecular flexibility index (Phi) is 6.39. The lowest BCUT2D eigenvalue weighted by atomic mass is 9.97. The van der Waals surface area contributed by atoms with Gasteiger partial charge in [-0.25, -0.2) is 0 Å². The van der Waals surface area contributed by atoms with E-state index in [1.54, 1.807) is 37.3 Å². The number of hydrogen-bond donors (Lipinski definition) is 1. The van der Waals surface area contributed by atoms with Gasteiger partial charge in [0.2, 0.25) is 0 Å². The zero-order valence-electron chi connectivity index (χ0n) is 17.0. The van der Waals surface area contributed by atoms with Gasteiger partial charge < -0.3 is 19.5 Å². The van der Waals surface area contributed by atoms with Gasteiger partial charge in [-0.2, -0.15) is 0 Å². The van der Waals surface area contributed by atoms with Crippen LogP contribution in [0, 0.1) is 13.8 Å². The molecule has 29 heavy (non-hydrogen) atoms. The molecule has 154 valence electrons. The van der Waals surface area contributed by atoms with Gasteiger partial charge in [0.25, 0.3) is 11.7 Å². The van der Waals surface area contributed by atoms with E-state index in [-0.39, 0.29) is 11.3 Å². The van der Waals surface area contributed by atoms with Gasteiger partial charge in [0, 0.05) is 30.7 Å². The number of thiophene rings is 1. The molecule has 1 aromatic heterocycles. The second-order valence-corrected chi connectivity index (χ2v) is 7.94. The number of aryl methyl sites for hydroxylation is 2. The van der Waals surface area contributed by atoms with Crippen molar-refractivity contribution >= 4 is 28.8 Å². The van der Waals surface area contributed by atoms with Crippen LogP contribution < -0.4 is 4.74 Å². The third-order valence-corrected chi connectivity index (χ3v) is 6.18. The van der Waals surface area contributed by atoms with Crippen LogP contribution in [0.5, 0.6) is 5.75 Å².